The van der Waals surface area contributed by atoms with Crippen molar-refractivity contribution in [2.75, 3.05) is 6.61 Å². The molecule has 0 radical (unpaired) electrons. The van der Waals surface area contributed by atoms with Gasteiger partial charge < -0.3 is 4.74 Å². The van der Waals surface area contributed by atoms with Gasteiger partial charge in [-0.15, -0.1) is 0 Å². The fourth-order valence-electron chi connectivity index (χ4n) is 2.03. The molecule has 0 heterocycles. The van der Waals surface area contributed by atoms with Crippen LogP contribution in [0.3, 0.4) is 0 Å². The van der Waals surface area contributed by atoms with Crippen molar-refractivity contribution >= 4 is 10.0 Å². The molecule has 0 bridgehead atoms. The second kappa shape index (κ2) is 7.06. The zero-order chi connectivity index (χ0) is 17.0. The molecule has 0 amide bonds. The maximum atomic E-state index is 13.2. The number of sulfonamides is 1. The Morgan fingerprint density at radius 3 is 2.30 bits per heavy atom. The molecule has 124 valence electrons. The normalized spacial score (nSPS) is 12.9. The maximum Gasteiger partial charge on any atom is 0.241 e. The van der Waals surface area contributed by atoms with Crippen LogP contribution in [0.5, 0.6) is 5.75 Å². The molecule has 2 rings (SSSR count). The predicted octanol–water partition coefficient (Wildman–Crippen LogP) is 3.40. The van der Waals surface area contributed by atoms with Gasteiger partial charge in [-0.25, -0.2) is 21.9 Å². The van der Waals surface area contributed by atoms with E-state index in [0.717, 1.165) is 17.7 Å². The lowest BCUT2D eigenvalue weighted by Crippen LogP contribution is -2.27. The van der Waals surface area contributed by atoms with Crippen LogP contribution in [-0.2, 0) is 10.0 Å². The molecule has 1 N–H and O–H groups in total. The van der Waals surface area contributed by atoms with Gasteiger partial charge in [0.1, 0.15) is 5.75 Å². The lowest BCUT2D eigenvalue weighted by molar-refractivity contribution is 0.340. The lowest BCUT2D eigenvalue weighted by atomic mass is 10.1. The fraction of sp³-hybridized carbons (Fsp3) is 0.250. The number of halogens is 2. The Morgan fingerprint density at radius 2 is 1.74 bits per heavy atom. The maximum absolute atomic E-state index is 13.2. The van der Waals surface area contributed by atoms with Crippen LogP contribution in [0.4, 0.5) is 8.78 Å². The molecule has 2 aromatic carbocycles. The second-order valence-corrected chi connectivity index (χ2v) is 6.63. The summed E-state index contributed by atoms with van der Waals surface area (Å²) in [6.07, 6.45) is 0. The second-order valence-electron chi connectivity index (χ2n) is 4.92. The van der Waals surface area contributed by atoms with Gasteiger partial charge >= 0.3 is 0 Å². The molecule has 23 heavy (non-hydrogen) atoms. The van der Waals surface area contributed by atoms with Crippen LogP contribution >= 0.6 is 0 Å². The van der Waals surface area contributed by atoms with Gasteiger partial charge in [0, 0.05) is 6.04 Å². The van der Waals surface area contributed by atoms with Gasteiger partial charge in [-0.1, -0.05) is 12.1 Å². The first kappa shape index (κ1) is 17.4. The average molecular weight is 341 g/mol. The molecule has 0 aliphatic rings. The van der Waals surface area contributed by atoms with Crippen LogP contribution < -0.4 is 9.46 Å². The lowest BCUT2D eigenvalue weighted by Gasteiger charge is -2.15. The molecule has 4 nitrogen and oxygen atoms in total. The highest BCUT2D eigenvalue weighted by atomic mass is 32.2. The van der Waals surface area contributed by atoms with E-state index in [0.29, 0.717) is 18.4 Å². The molecular weight excluding hydrogens is 324 g/mol. The van der Waals surface area contributed by atoms with Crippen molar-refractivity contribution < 1.29 is 21.9 Å². The third kappa shape index (κ3) is 4.27. The van der Waals surface area contributed by atoms with Crippen molar-refractivity contribution in [1.29, 1.82) is 0 Å². The summed E-state index contributed by atoms with van der Waals surface area (Å²) in [7, 11) is -3.96. The quantitative estimate of drug-likeness (QED) is 0.876. The van der Waals surface area contributed by atoms with E-state index in [-0.39, 0.29) is 4.90 Å². The Balaban J connectivity index is 2.17. The monoisotopic (exact) mass is 341 g/mol. The molecule has 0 aliphatic heterocycles. The zero-order valence-electron chi connectivity index (χ0n) is 12.7. The third-order valence-electron chi connectivity index (χ3n) is 3.22. The van der Waals surface area contributed by atoms with E-state index in [1.54, 1.807) is 31.2 Å². The minimum Gasteiger partial charge on any atom is -0.494 e. The molecular formula is C16H17F2NO3S. The molecule has 0 saturated heterocycles. The molecule has 2 aromatic rings. The van der Waals surface area contributed by atoms with Crippen molar-refractivity contribution in [1.82, 2.24) is 4.72 Å². The fourth-order valence-corrected chi connectivity index (χ4v) is 3.28. The number of hydrogen-bond donors (Lipinski definition) is 1. The van der Waals surface area contributed by atoms with Gasteiger partial charge in [0.05, 0.1) is 11.5 Å². The Hall–Kier alpha value is -1.99. The molecule has 7 heteroatoms. The van der Waals surface area contributed by atoms with Crippen molar-refractivity contribution in [2.45, 2.75) is 24.8 Å². The summed E-state index contributed by atoms with van der Waals surface area (Å²) < 4.78 is 58.3. The summed E-state index contributed by atoms with van der Waals surface area (Å²) >= 11 is 0. The van der Waals surface area contributed by atoms with Crippen LogP contribution in [0.1, 0.15) is 25.5 Å². The Bertz CT molecular complexity index is 776. The highest BCUT2D eigenvalue weighted by Gasteiger charge is 2.20. The van der Waals surface area contributed by atoms with Crippen LogP contribution in [-0.4, -0.2) is 15.0 Å². The van der Waals surface area contributed by atoms with Gasteiger partial charge in [-0.2, -0.15) is 0 Å². The van der Waals surface area contributed by atoms with Gasteiger partial charge in [0.15, 0.2) is 11.6 Å². The van der Waals surface area contributed by atoms with E-state index >= 15 is 0 Å². The molecule has 1 unspecified atom stereocenters. The average Bonchev–Trinajstić information content (AvgIpc) is 2.50. The summed E-state index contributed by atoms with van der Waals surface area (Å²) in [5.74, 6) is -1.61. The van der Waals surface area contributed by atoms with Crippen LogP contribution in [0.15, 0.2) is 47.4 Å². The highest BCUT2D eigenvalue weighted by Crippen LogP contribution is 2.21. The smallest absolute Gasteiger partial charge is 0.241 e. The molecule has 0 fully saturated rings. The van der Waals surface area contributed by atoms with E-state index in [2.05, 4.69) is 4.72 Å². The summed E-state index contributed by atoms with van der Waals surface area (Å²) in [6, 6.07) is 8.87. The van der Waals surface area contributed by atoms with Crippen molar-refractivity contribution in [3.8, 4) is 5.75 Å². The number of ether oxygens (including phenoxy) is 1. The number of rotatable bonds is 6. The van der Waals surface area contributed by atoms with E-state index in [4.69, 9.17) is 4.74 Å². The largest absolute Gasteiger partial charge is 0.494 e. The van der Waals surface area contributed by atoms with Gasteiger partial charge in [-0.05, 0) is 49.7 Å². The van der Waals surface area contributed by atoms with Crippen LogP contribution in [0.25, 0.3) is 0 Å². The minimum atomic E-state index is -3.96. The molecule has 1 atom stereocenters. The van der Waals surface area contributed by atoms with Crippen LogP contribution in [0, 0.1) is 11.6 Å². The van der Waals surface area contributed by atoms with E-state index in [9.17, 15) is 17.2 Å². The van der Waals surface area contributed by atoms with E-state index in [1.807, 2.05) is 6.92 Å². The van der Waals surface area contributed by atoms with Crippen molar-refractivity contribution in [3.63, 3.8) is 0 Å². The molecule has 0 saturated carbocycles. The SMILES string of the molecule is CCOc1ccc(C(C)NS(=O)(=O)c2ccc(F)c(F)c2)cc1. The first-order valence-electron chi connectivity index (χ1n) is 7.03. The highest BCUT2D eigenvalue weighted by molar-refractivity contribution is 7.89. The van der Waals surface area contributed by atoms with Gasteiger partial charge in [0.2, 0.25) is 10.0 Å². The summed E-state index contributed by atoms with van der Waals surface area (Å²) in [4.78, 5) is -0.325. The number of nitrogens with one attached hydrogen (secondary N) is 1. The zero-order valence-corrected chi connectivity index (χ0v) is 13.5. The number of benzene rings is 2. The standard InChI is InChI=1S/C16H17F2NO3S/c1-3-22-13-6-4-12(5-7-13)11(2)19-23(20,21)14-8-9-15(17)16(18)10-14/h4-11,19H,3H2,1-2H3. The predicted molar refractivity (Wildman–Crippen MR) is 82.7 cm³/mol. The van der Waals surface area contributed by atoms with E-state index in [1.165, 1.54) is 0 Å². The van der Waals surface area contributed by atoms with Crippen molar-refractivity contribution in [3.05, 3.63) is 59.7 Å². The minimum absolute atomic E-state index is 0.325. The summed E-state index contributed by atoms with van der Waals surface area (Å²) in [5, 5.41) is 0. The summed E-state index contributed by atoms with van der Waals surface area (Å²) in [5.41, 5.74) is 0.722. The van der Waals surface area contributed by atoms with E-state index < -0.39 is 27.7 Å². The first-order chi connectivity index (χ1) is 10.8. The van der Waals surface area contributed by atoms with Gasteiger partial charge in [-0.3, -0.25) is 0 Å². The Labute approximate surface area is 134 Å². The Kier molecular flexibility index (Phi) is 5.33. The topological polar surface area (TPSA) is 55.4 Å². The Morgan fingerprint density at radius 1 is 1.09 bits per heavy atom. The van der Waals surface area contributed by atoms with Crippen LogP contribution in [0.2, 0.25) is 0 Å². The number of hydrogen-bond acceptors (Lipinski definition) is 3. The molecule has 0 aliphatic carbocycles. The molecule has 0 aromatic heterocycles. The van der Waals surface area contributed by atoms with Gasteiger partial charge in [0.25, 0.3) is 0 Å². The third-order valence-corrected chi connectivity index (χ3v) is 4.76. The molecule has 0 spiro atoms. The first-order valence-corrected chi connectivity index (χ1v) is 8.52. The van der Waals surface area contributed by atoms with Crippen molar-refractivity contribution in [2.24, 2.45) is 0 Å². The summed E-state index contributed by atoms with van der Waals surface area (Å²) in [6.45, 7) is 4.07.